The SMILES string of the molecule is CC(C)c1nc(CO)[nH]c1C(C)C. The Morgan fingerprint density at radius 3 is 2.15 bits per heavy atom. The summed E-state index contributed by atoms with van der Waals surface area (Å²) in [5.74, 6) is 1.52. The zero-order valence-electron chi connectivity index (χ0n) is 8.76. The van der Waals surface area contributed by atoms with Crippen molar-refractivity contribution in [1.82, 2.24) is 9.97 Å². The first kappa shape index (κ1) is 10.3. The van der Waals surface area contributed by atoms with Crippen LogP contribution in [0.25, 0.3) is 0 Å². The Bertz CT molecular complexity index is 251. The molecule has 74 valence electrons. The maximum atomic E-state index is 8.95. The average molecular weight is 182 g/mol. The van der Waals surface area contributed by atoms with Crippen molar-refractivity contribution >= 4 is 0 Å². The Labute approximate surface area is 79.2 Å². The van der Waals surface area contributed by atoms with Gasteiger partial charge in [-0.1, -0.05) is 27.7 Å². The van der Waals surface area contributed by atoms with E-state index in [1.807, 2.05) is 0 Å². The second-order valence-corrected chi connectivity index (χ2v) is 3.95. The molecular formula is C10H18N2O. The number of rotatable bonds is 3. The van der Waals surface area contributed by atoms with Crippen molar-refractivity contribution in [1.29, 1.82) is 0 Å². The molecule has 3 heteroatoms. The van der Waals surface area contributed by atoms with Crippen molar-refractivity contribution in [3.63, 3.8) is 0 Å². The molecule has 0 radical (unpaired) electrons. The van der Waals surface area contributed by atoms with E-state index in [2.05, 4.69) is 37.7 Å². The van der Waals surface area contributed by atoms with Crippen LogP contribution in [0.3, 0.4) is 0 Å². The van der Waals surface area contributed by atoms with Crippen LogP contribution in [0.1, 0.15) is 56.7 Å². The van der Waals surface area contributed by atoms with Crippen molar-refractivity contribution in [3.05, 3.63) is 17.2 Å². The fraction of sp³-hybridized carbons (Fsp3) is 0.700. The van der Waals surface area contributed by atoms with Gasteiger partial charge in [-0.2, -0.15) is 0 Å². The number of hydrogen-bond acceptors (Lipinski definition) is 2. The molecule has 0 unspecified atom stereocenters. The monoisotopic (exact) mass is 182 g/mol. The minimum absolute atomic E-state index is 0.00750. The molecule has 0 saturated heterocycles. The molecule has 1 aromatic heterocycles. The van der Waals surface area contributed by atoms with E-state index in [0.717, 1.165) is 11.4 Å². The van der Waals surface area contributed by atoms with Crippen LogP contribution in [0.2, 0.25) is 0 Å². The van der Waals surface area contributed by atoms with Crippen LogP contribution < -0.4 is 0 Å². The summed E-state index contributed by atoms with van der Waals surface area (Å²) in [4.78, 5) is 7.50. The summed E-state index contributed by atoms with van der Waals surface area (Å²) >= 11 is 0. The molecule has 0 aliphatic heterocycles. The van der Waals surface area contributed by atoms with E-state index >= 15 is 0 Å². The highest BCUT2D eigenvalue weighted by atomic mass is 16.3. The fourth-order valence-electron chi connectivity index (χ4n) is 1.41. The number of nitrogens with one attached hydrogen (secondary N) is 1. The van der Waals surface area contributed by atoms with Crippen LogP contribution in [0.15, 0.2) is 0 Å². The maximum Gasteiger partial charge on any atom is 0.132 e. The van der Waals surface area contributed by atoms with Crippen LogP contribution in [0.4, 0.5) is 0 Å². The lowest BCUT2D eigenvalue weighted by Gasteiger charge is -2.07. The second-order valence-electron chi connectivity index (χ2n) is 3.95. The molecule has 0 saturated carbocycles. The van der Waals surface area contributed by atoms with E-state index in [4.69, 9.17) is 5.11 Å². The minimum Gasteiger partial charge on any atom is -0.388 e. The summed E-state index contributed by atoms with van der Waals surface area (Å²) in [6.45, 7) is 8.47. The number of aromatic amines is 1. The number of aliphatic hydroxyl groups excluding tert-OH is 1. The molecule has 1 aromatic rings. The summed E-state index contributed by atoms with van der Waals surface area (Å²) in [7, 11) is 0. The third-order valence-corrected chi connectivity index (χ3v) is 2.08. The van der Waals surface area contributed by atoms with Gasteiger partial charge < -0.3 is 10.1 Å². The van der Waals surface area contributed by atoms with Gasteiger partial charge in [0.1, 0.15) is 12.4 Å². The Morgan fingerprint density at radius 1 is 1.23 bits per heavy atom. The van der Waals surface area contributed by atoms with E-state index in [0.29, 0.717) is 17.7 Å². The normalized spacial score (nSPS) is 11.6. The lowest BCUT2D eigenvalue weighted by atomic mass is 10.0. The Morgan fingerprint density at radius 2 is 1.85 bits per heavy atom. The number of aromatic nitrogens is 2. The third kappa shape index (κ3) is 2.10. The molecule has 2 N–H and O–H groups in total. The maximum absolute atomic E-state index is 8.95. The highest BCUT2D eigenvalue weighted by molar-refractivity contribution is 5.20. The van der Waals surface area contributed by atoms with Gasteiger partial charge >= 0.3 is 0 Å². The zero-order chi connectivity index (χ0) is 10.0. The van der Waals surface area contributed by atoms with Gasteiger partial charge in [-0.25, -0.2) is 4.98 Å². The Hall–Kier alpha value is -0.830. The van der Waals surface area contributed by atoms with E-state index < -0.39 is 0 Å². The van der Waals surface area contributed by atoms with Gasteiger partial charge in [0, 0.05) is 5.69 Å². The van der Waals surface area contributed by atoms with Crippen molar-refractivity contribution in [3.8, 4) is 0 Å². The fourth-order valence-corrected chi connectivity index (χ4v) is 1.41. The van der Waals surface area contributed by atoms with Gasteiger partial charge in [0.25, 0.3) is 0 Å². The van der Waals surface area contributed by atoms with Crippen molar-refractivity contribution in [2.75, 3.05) is 0 Å². The van der Waals surface area contributed by atoms with Crippen LogP contribution in [0, 0.1) is 0 Å². The summed E-state index contributed by atoms with van der Waals surface area (Å²) in [5.41, 5.74) is 2.23. The molecule has 3 nitrogen and oxygen atoms in total. The second kappa shape index (κ2) is 3.92. The first-order valence-corrected chi connectivity index (χ1v) is 4.75. The molecule has 0 aliphatic rings. The van der Waals surface area contributed by atoms with Gasteiger partial charge in [0.15, 0.2) is 0 Å². The molecule has 0 aromatic carbocycles. The molecule has 13 heavy (non-hydrogen) atoms. The summed E-state index contributed by atoms with van der Waals surface area (Å²) in [6.07, 6.45) is 0. The van der Waals surface area contributed by atoms with Crippen LogP contribution in [-0.4, -0.2) is 15.1 Å². The van der Waals surface area contributed by atoms with Crippen LogP contribution in [0.5, 0.6) is 0 Å². The molecule has 0 amide bonds. The molecule has 0 atom stereocenters. The van der Waals surface area contributed by atoms with Gasteiger partial charge in [-0.05, 0) is 11.8 Å². The van der Waals surface area contributed by atoms with Gasteiger partial charge in [0.05, 0.1) is 5.69 Å². The standard InChI is InChI=1S/C10H18N2O/c1-6(2)9-10(7(3)4)12-8(5-13)11-9/h6-7,13H,5H2,1-4H3,(H,11,12). The summed E-state index contributed by atoms with van der Waals surface area (Å²) in [6, 6.07) is 0. The molecule has 0 aliphatic carbocycles. The number of aliphatic hydroxyl groups is 1. The van der Waals surface area contributed by atoms with Crippen LogP contribution in [-0.2, 0) is 6.61 Å². The Kier molecular flexibility index (Phi) is 3.09. The minimum atomic E-state index is -0.00750. The van der Waals surface area contributed by atoms with E-state index in [1.165, 1.54) is 0 Å². The molecule has 0 spiro atoms. The smallest absolute Gasteiger partial charge is 0.132 e. The molecular weight excluding hydrogens is 164 g/mol. The number of H-pyrrole nitrogens is 1. The Balaban J connectivity index is 3.08. The highest BCUT2D eigenvalue weighted by Crippen LogP contribution is 2.23. The van der Waals surface area contributed by atoms with Gasteiger partial charge in [0.2, 0.25) is 0 Å². The molecule has 0 bridgehead atoms. The predicted molar refractivity (Wildman–Crippen MR) is 52.7 cm³/mol. The highest BCUT2D eigenvalue weighted by Gasteiger charge is 2.14. The third-order valence-electron chi connectivity index (χ3n) is 2.08. The van der Waals surface area contributed by atoms with E-state index in [-0.39, 0.29) is 6.61 Å². The summed E-state index contributed by atoms with van der Waals surface area (Å²) in [5, 5.41) is 8.95. The molecule has 0 fully saturated rings. The van der Waals surface area contributed by atoms with Crippen molar-refractivity contribution in [2.24, 2.45) is 0 Å². The van der Waals surface area contributed by atoms with Crippen molar-refractivity contribution in [2.45, 2.75) is 46.1 Å². The lowest BCUT2D eigenvalue weighted by Crippen LogP contribution is -1.96. The predicted octanol–water partition coefficient (Wildman–Crippen LogP) is 2.15. The first-order valence-electron chi connectivity index (χ1n) is 4.75. The van der Waals surface area contributed by atoms with Crippen LogP contribution >= 0.6 is 0 Å². The average Bonchev–Trinajstić information content (AvgIpc) is 2.47. The van der Waals surface area contributed by atoms with E-state index in [1.54, 1.807) is 0 Å². The zero-order valence-corrected chi connectivity index (χ0v) is 8.76. The largest absolute Gasteiger partial charge is 0.388 e. The summed E-state index contributed by atoms with van der Waals surface area (Å²) < 4.78 is 0. The van der Waals surface area contributed by atoms with Crippen molar-refractivity contribution < 1.29 is 5.11 Å². The lowest BCUT2D eigenvalue weighted by molar-refractivity contribution is 0.272. The first-order chi connectivity index (χ1) is 6.06. The number of hydrogen-bond donors (Lipinski definition) is 2. The molecule has 1 rings (SSSR count). The quantitative estimate of drug-likeness (QED) is 0.752. The van der Waals surface area contributed by atoms with Gasteiger partial charge in [-0.3, -0.25) is 0 Å². The van der Waals surface area contributed by atoms with Gasteiger partial charge in [-0.15, -0.1) is 0 Å². The number of nitrogens with zero attached hydrogens (tertiary/aromatic N) is 1. The number of imidazole rings is 1. The topological polar surface area (TPSA) is 48.9 Å². The van der Waals surface area contributed by atoms with E-state index in [9.17, 15) is 0 Å². The molecule has 1 heterocycles.